The van der Waals surface area contributed by atoms with Gasteiger partial charge in [0.05, 0.1) is 13.5 Å². The van der Waals surface area contributed by atoms with Crippen molar-refractivity contribution in [3.05, 3.63) is 0 Å². The van der Waals surface area contributed by atoms with Gasteiger partial charge in [0, 0.05) is 31.2 Å². The van der Waals surface area contributed by atoms with Gasteiger partial charge in [-0.15, -0.1) is 0 Å². The van der Waals surface area contributed by atoms with E-state index >= 15 is 0 Å². The van der Waals surface area contributed by atoms with Crippen molar-refractivity contribution >= 4 is 17.8 Å². The maximum atomic E-state index is 12.8. The van der Waals surface area contributed by atoms with Gasteiger partial charge in [-0.3, -0.25) is 9.59 Å². The molecule has 1 aliphatic carbocycles. The molecule has 1 amide bonds. The second-order valence-electron chi connectivity index (χ2n) is 11.0. The van der Waals surface area contributed by atoms with E-state index in [0.29, 0.717) is 25.3 Å². The fourth-order valence-electron chi connectivity index (χ4n) is 6.99. The third-order valence-corrected chi connectivity index (χ3v) is 8.93. The average Bonchev–Trinajstić information content (AvgIpc) is 3.22. The molecule has 0 aromatic rings. The highest BCUT2D eigenvalue weighted by Gasteiger charge is 2.69. The van der Waals surface area contributed by atoms with Gasteiger partial charge in [-0.05, 0) is 50.9 Å². The van der Waals surface area contributed by atoms with E-state index in [1.165, 1.54) is 12.0 Å². The highest BCUT2D eigenvalue weighted by Crippen LogP contribution is 2.60. The fraction of sp³-hybridized carbons (Fsp3) is 0.880. The Hall–Kier alpha value is -1.75. The second kappa shape index (κ2) is 9.28. The van der Waals surface area contributed by atoms with Crippen molar-refractivity contribution in [2.75, 3.05) is 13.7 Å². The molecule has 6 fully saturated rings. The van der Waals surface area contributed by atoms with E-state index in [1.807, 2.05) is 13.8 Å². The zero-order chi connectivity index (χ0) is 25.0. The molecule has 0 aromatic heterocycles. The largest absolute Gasteiger partial charge is 0.467 e. The molecule has 9 atom stereocenters. The number of amides is 1. The fourth-order valence-corrected chi connectivity index (χ4v) is 6.99. The number of fused-ring (bicyclic) bond motifs is 2. The first-order valence-electron chi connectivity index (χ1n) is 13.0. The number of ether oxygens (including phenoxy) is 4. The molecule has 1 spiro atoms. The van der Waals surface area contributed by atoms with Crippen molar-refractivity contribution in [2.45, 2.75) is 102 Å². The Morgan fingerprint density at radius 3 is 2.60 bits per heavy atom. The Morgan fingerprint density at radius 1 is 1.03 bits per heavy atom. The molecule has 10 nitrogen and oxygen atoms in total. The first kappa shape index (κ1) is 24.9. The minimum absolute atomic E-state index is 0.0324. The second-order valence-corrected chi connectivity index (χ2v) is 11.0. The van der Waals surface area contributed by atoms with Crippen LogP contribution in [0.4, 0.5) is 0 Å². The van der Waals surface area contributed by atoms with Crippen LogP contribution in [0, 0.1) is 23.7 Å². The van der Waals surface area contributed by atoms with Crippen molar-refractivity contribution < 1.29 is 43.1 Å². The monoisotopic (exact) mass is 495 g/mol. The summed E-state index contributed by atoms with van der Waals surface area (Å²) in [6, 6.07) is -0.575. The lowest BCUT2D eigenvalue weighted by Gasteiger charge is -2.59. The minimum atomic E-state index is -0.898. The molecule has 0 N–H and O–H groups in total. The van der Waals surface area contributed by atoms with Crippen LogP contribution in [0.1, 0.15) is 72.1 Å². The summed E-state index contributed by atoms with van der Waals surface area (Å²) in [6.45, 7) is 6.60. The average molecular weight is 496 g/mol. The van der Waals surface area contributed by atoms with Gasteiger partial charge in [0.1, 0.15) is 6.04 Å². The molecule has 6 rings (SSSR count). The third-order valence-electron chi connectivity index (χ3n) is 8.93. The number of hydrogen-bond donors (Lipinski definition) is 0. The zero-order valence-electron chi connectivity index (χ0n) is 21.0. The summed E-state index contributed by atoms with van der Waals surface area (Å²) in [5.41, 5.74) is -0.718. The van der Waals surface area contributed by atoms with Gasteiger partial charge < -0.3 is 23.8 Å². The molecule has 5 heterocycles. The predicted octanol–water partition coefficient (Wildman–Crippen LogP) is 2.68. The maximum absolute atomic E-state index is 12.8. The van der Waals surface area contributed by atoms with Crippen LogP contribution in [0.2, 0.25) is 0 Å². The lowest BCUT2D eigenvalue weighted by Crippen LogP contribution is -2.70. The van der Waals surface area contributed by atoms with Crippen molar-refractivity contribution in [1.82, 2.24) is 4.90 Å². The van der Waals surface area contributed by atoms with Crippen molar-refractivity contribution in [1.29, 1.82) is 0 Å². The summed E-state index contributed by atoms with van der Waals surface area (Å²) in [7, 11) is 1.31. The topological polar surface area (TPSA) is 110 Å². The van der Waals surface area contributed by atoms with Crippen LogP contribution in [0.3, 0.4) is 0 Å². The molecule has 1 saturated carbocycles. The van der Waals surface area contributed by atoms with Gasteiger partial charge in [0.25, 0.3) is 0 Å². The first-order valence-corrected chi connectivity index (χ1v) is 13.0. The number of nitrogens with zero attached hydrogens (tertiary/aromatic N) is 1. The highest BCUT2D eigenvalue weighted by atomic mass is 17.3. The number of rotatable bonds is 5. The standard InChI is InChI=1S/C25H37NO9/c1-14-7-8-17-15(2)22(32-23-25(17)16(14)11-12-24(3,33-23)34-35-25)31-20(28)10-9-19(27)26-13-5-6-18(26)21(29)30-4/h14-18,22-23H,5-13H2,1-4H3/t14-,15-,16+,17+,18?,22-,23-,24?,25?/m1/s1. The van der Waals surface area contributed by atoms with Gasteiger partial charge in [0.15, 0.2) is 11.9 Å². The van der Waals surface area contributed by atoms with Crippen LogP contribution in [-0.2, 0) is 43.1 Å². The molecule has 0 radical (unpaired) electrons. The SMILES string of the molecule is COC(=O)C1CCCN1C(=O)CCC(=O)O[C@@H]1O[C@@H]2OC3(C)CC[C@H]4[C@H](C)CC[C@@H]([C@H]1C)C24OO3. The number of carbonyl (C=O) groups is 3. The van der Waals surface area contributed by atoms with E-state index in [1.54, 1.807) is 0 Å². The van der Waals surface area contributed by atoms with Crippen LogP contribution >= 0.6 is 0 Å². The van der Waals surface area contributed by atoms with E-state index in [2.05, 4.69) is 6.92 Å². The lowest BCUT2D eigenvalue weighted by atomic mass is 9.58. The molecule has 2 bridgehead atoms. The lowest BCUT2D eigenvalue weighted by molar-refractivity contribution is -0.576. The maximum Gasteiger partial charge on any atom is 0.328 e. The zero-order valence-corrected chi connectivity index (χ0v) is 21.0. The Balaban J connectivity index is 1.24. The third kappa shape index (κ3) is 4.16. The van der Waals surface area contributed by atoms with Gasteiger partial charge in [-0.1, -0.05) is 13.8 Å². The Labute approximate surface area is 205 Å². The summed E-state index contributed by atoms with van der Waals surface area (Å²) in [5, 5.41) is 0. The van der Waals surface area contributed by atoms with Crippen molar-refractivity contribution in [3.8, 4) is 0 Å². The van der Waals surface area contributed by atoms with Gasteiger partial charge >= 0.3 is 11.9 Å². The summed E-state index contributed by atoms with van der Waals surface area (Å²) < 4.78 is 23.1. The van der Waals surface area contributed by atoms with E-state index in [4.69, 9.17) is 28.7 Å². The quantitative estimate of drug-likeness (QED) is 0.420. The summed E-state index contributed by atoms with van der Waals surface area (Å²) in [4.78, 5) is 50.8. The highest BCUT2D eigenvalue weighted by molar-refractivity contribution is 5.87. The normalized spacial score (nSPS) is 44.3. The van der Waals surface area contributed by atoms with Crippen LogP contribution in [-0.4, -0.2) is 66.4 Å². The summed E-state index contributed by atoms with van der Waals surface area (Å²) >= 11 is 0. The number of esters is 2. The number of hydrogen-bond acceptors (Lipinski definition) is 9. The van der Waals surface area contributed by atoms with Gasteiger partial charge in [-0.25, -0.2) is 14.6 Å². The molecule has 6 aliphatic rings. The number of methoxy groups -OCH3 is 1. The van der Waals surface area contributed by atoms with Crippen LogP contribution in [0.15, 0.2) is 0 Å². The Morgan fingerprint density at radius 2 is 1.83 bits per heavy atom. The van der Waals surface area contributed by atoms with E-state index in [-0.39, 0.29) is 36.5 Å². The summed E-state index contributed by atoms with van der Waals surface area (Å²) in [6.07, 6.45) is 3.29. The summed E-state index contributed by atoms with van der Waals surface area (Å²) in [5.74, 6) is -1.48. The van der Waals surface area contributed by atoms with Gasteiger partial charge in [-0.2, -0.15) is 0 Å². The van der Waals surface area contributed by atoms with Gasteiger partial charge in [0.2, 0.25) is 18.0 Å². The molecular formula is C25H37NO9. The smallest absolute Gasteiger partial charge is 0.328 e. The van der Waals surface area contributed by atoms with E-state index in [9.17, 15) is 14.4 Å². The van der Waals surface area contributed by atoms with E-state index < -0.39 is 41.9 Å². The molecule has 5 saturated heterocycles. The van der Waals surface area contributed by atoms with E-state index in [0.717, 1.165) is 25.7 Å². The van der Waals surface area contributed by atoms with Crippen molar-refractivity contribution in [2.24, 2.45) is 23.7 Å². The molecule has 35 heavy (non-hydrogen) atoms. The molecule has 196 valence electrons. The molecule has 3 unspecified atom stereocenters. The molecule has 0 aromatic carbocycles. The number of carbonyl (C=O) groups excluding carboxylic acids is 3. The Kier molecular flexibility index (Phi) is 6.61. The van der Waals surface area contributed by atoms with Crippen molar-refractivity contribution in [3.63, 3.8) is 0 Å². The minimum Gasteiger partial charge on any atom is -0.467 e. The van der Waals surface area contributed by atoms with Crippen LogP contribution < -0.4 is 0 Å². The predicted molar refractivity (Wildman–Crippen MR) is 119 cm³/mol. The molecule has 10 heteroatoms. The Bertz CT molecular complexity index is 866. The van der Waals surface area contributed by atoms with Crippen LogP contribution in [0.5, 0.6) is 0 Å². The first-order chi connectivity index (χ1) is 16.7. The van der Waals surface area contributed by atoms with Crippen LogP contribution in [0.25, 0.3) is 0 Å². The number of likely N-dealkylation sites (tertiary alicyclic amines) is 1. The molecule has 5 aliphatic heterocycles. The molecular weight excluding hydrogens is 458 g/mol.